The first kappa shape index (κ1) is 17.4. The topological polar surface area (TPSA) is 24.1 Å². The van der Waals surface area contributed by atoms with Gasteiger partial charge < -0.3 is 9.63 Å². The molecule has 0 aliphatic heterocycles. The summed E-state index contributed by atoms with van der Waals surface area (Å²) in [6, 6.07) is 1.31. The molecule has 0 rings (SSSR count). The Balaban J connectivity index is 5.12. The largest absolute Gasteiger partial charge is 0.347 e. The van der Waals surface area contributed by atoms with Crippen LogP contribution in [-0.2, 0) is 0 Å². The fourth-order valence-corrected chi connectivity index (χ4v) is 13.7. The Morgan fingerprint density at radius 1 is 1.12 bits per heavy atom. The zero-order valence-electron chi connectivity index (χ0n) is 13.5. The Kier molecular flexibility index (Phi) is 6.12. The summed E-state index contributed by atoms with van der Waals surface area (Å²) in [5.74, 6) is 0. The van der Waals surface area contributed by atoms with E-state index in [9.17, 15) is 0 Å². The van der Waals surface area contributed by atoms with E-state index in [2.05, 4.69) is 71.3 Å². The smallest absolute Gasteiger partial charge is 0.191 e. The van der Waals surface area contributed by atoms with Crippen molar-refractivity contribution in [1.82, 2.24) is 9.63 Å². The SMILES string of the molecule is CCC[Si](C)(NC)N[Si](C)(C(C)C)C(C)(C)C. The zero-order chi connectivity index (χ0) is 13.9. The lowest BCUT2D eigenvalue weighted by molar-refractivity contribution is 0.674. The van der Waals surface area contributed by atoms with E-state index in [1.165, 1.54) is 12.5 Å². The van der Waals surface area contributed by atoms with E-state index in [1.807, 2.05) is 0 Å². The molecule has 0 bridgehead atoms. The van der Waals surface area contributed by atoms with Crippen LogP contribution in [0.1, 0.15) is 48.0 Å². The predicted octanol–water partition coefficient (Wildman–Crippen LogP) is 4.06. The maximum atomic E-state index is 4.16. The highest BCUT2D eigenvalue weighted by Crippen LogP contribution is 2.42. The minimum absolute atomic E-state index is 0.403. The van der Waals surface area contributed by atoms with Gasteiger partial charge in [-0.05, 0) is 30.2 Å². The van der Waals surface area contributed by atoms with Crippen molar-refractivity contribution in [3.8, 4) is 0 Å². The third-order valence-corrected chi connectivity index (χ3v) is 16.9. The Bertz CT molecular complexity index is 238. The van der Waals surface area contributed by atoms with E-state index in [0.29, 0.717) is 5.04 Å². The van der Waals surface area contributed by atoms with Gasteiger partial charge in [-0.15, -0.1) is 0 Å². The summed E-state index contributed by atoms with van der Waals surface area (Å²) >= 11 is 0. The van der Waals surface area contributed by atoms with E-state index in [4.69, 9.17) is 0 Å². The van der Waals surface area contributed by atoms with Crippen LogP contribution in [0.25, 0.3) is 0 Å². The van der Waals surface area contributed by atoms with Crippen LogP contribution in [0.4, 0.5) is 0 Å². The van der Waals surface area contributed by atoms with Crippen molar-refractivity contribution in [2.75, 3.05) is 7.05 Å². The normalized spacial score (nSPS) is 20.1. The second-order valence-electron chi connectivity index (χ2n) is 7.06. The quantitative estimate of drug-likeness (QED) is 0.714. The van der Waals surface area contributed by atoms with Crippen molar-refractivity contribution in [2.24, 2.45) is 0 Å². The standard InChI is InChI=1S/C13H34N2Si2/c1-10-11-16(8,14-7)15-17(9,12(2)3)13(4,5)6/h12,14-15H,10-11H2,1-9H3. The molecule has 0 aliphatic carbocycles. The lowest BCUT2D eigenvalue weighted by atomic mass is 10.2. The monoisotopic (exact) mass is 274 g/mol. The summed E-state index contributed by atoms with van der Waals surface area (Å²) in [5, 5.41) is 0.403. The summed E-state index contributed by atoms with van der Waals surface area (Å²) in [7, 11) is -0.811. The van der Waals surface area contributed by atoms with Crippen LogP contribution in [0.15, 0.2) is 0 Å². The Hall–Kier alpha value is 0.354. The highest BCUT2D eigenvalue weighted by atomic mass is 28.4. The van der Waals surface area contributed by atoms with Crippen LogP contribution in [0, 0.1) is 0 Å². The molecule has 0 aromatic rings. The molecular weight excluding hydrogens is 240 g/mol. The third kappa shape index (κ3) is 4.19. The second-order valence-corrected chi connectivity index (χ2v) is 16.8. The van der Waals surface area contributed by atoms with Gasteiger partial charge in [-0.25, -0.2) is 0 Å². The van der Waals surface area contributed by atoms with Crippen LogP contribution >= 0.6 is 0 Å². The molecule has 17 heavy (non-hydrogen) atoms. The summed E-state index contributed by atoms with van der Waals surface area (Å²) < 4.78 is 4.16. The van der Waals surface area contributed by atoms with Gasteiger partial charge in [0, 0.05) is 0 Å². The van der Waals surface area contributed by atoms with E-state index in [0.717, 1.165) is 5.54 Å². The predicted molar refractivity (Wildman–Crippen MR) is 85.3 cm³/mol. The summed E-state index contributed by atoms with van der Waals surface area (Å²) in [5.41, 5.74) is 0.763. The zero-order valence-corrected chi connectivity index (χ0v) is 15.5. The van der Waals surface area contributed by atoms with Gasteiger partial charge in [0.15, 0.2) is 8.40 Å². The lowest BCUT2D eigenvalue weighted by Crippen LogP contribution is -2.72. The highest BCUT2D eigenvalue weighted by Gasteiger charge is 2.46. The van der Waals surface area contributed by atoms with Crippen molar-refractivity contribution in [1.29, 1.82) is 0 Å². The molecule has 0 fully saturated rings. The van der Waals surface area contributed by atoms with Crippen molar-refractivity contribution >= 4 is 16.6 Å². The van der Waals surface area contributed by atoms with Crippen molar-refractivity contribution < 1.29 is 0 Å². The second kappa shape index (κ2) is 6.00. The summed E-state index contributed by atoms with van der Waals surface area (Å²) in [6.45, 7) is 19.2. The molecule has 0 aromatic carbocycles. The molecule has 0 saturated carbocycles. The Morgan fingerprint density at radius 3 is 1.82 bits per heavy atom. The molecule has 2 unspecified atom stereocenters. The van der Waals surface area contributed by atoms with Gasteiger partial charge >= 0.3 is 0 Å². The van der Waals surface area contributed by atoms with E-state index < -0.39 is 16.6 Å². The average molecular weight is 275 g/mol. The molecule has 0 aromatic heterocycles. The Labute approximate surface area is 111 Å². The molecule has 4 heteroatoms. The fourth-order valence-electron chi connectivity index (χ4n) is 2.52. The van der Waals surface area contributed by atoms with E-state index in [-0.39, 0.29) is 0 Å². The number of nitrogens with one attached hydrogen (secondary N) is 2. The van der Waals surface area contributed by atoms with Gasteiger partial charge in [-0.3, -0.25) is 0 Å². The van der Waals surface area contributed by atoms with E-state index in [1.54, 1.807) is 0 Å². The molecule has 0 radical (unpaired) electrons. The first-order valence-electron chi connectivity index (χ1n) is 7.00. The number of hydrogen-bond acceptors (Lipinski definition) is 2. The minimum atomic E-state index is -1.47. The third-order valence-electron chi connectivity index (χ3n) is 4.55. The summed E-state index contributed by atoms with van der Waals surface area (Å²) in [4.78, 5) is 3.62. The first-order valence-corrected chi connectivity index (χ1v) is 12.3. The van der Waals surface area contributed by atoms with Crippen molar-refractivity contribution in [2.45, 2.75) is 77.7 Å². The fraction of sp³-hybridized carbons (Fsp3) is 1.00. The lowest BCUT2D eigenvalue weighted by Gasteiger charge is -2.49. The first-order chi connectivity index (χ1) is 7.52. The van der Waals surface area contributed by atoms with Crippen molar-refractivity contribution in [3.63, 3.8) is 0 Å². The van der Waals surface area contributed by atoms with Crippen LogP contribution in [0.3, 0.4) is 0 Å². The van der Waals surface area contributed by atoms with Gasteiger partial charge in [0.05, 0.1) is 0 Å². The maximum absolute atomic E-state index is 4.16. The highest BCUT2D eigenvalue weighted by molar-refractivity contribution is 6.93. The molecule has 2 nitrogen and oxygen atoms in total. The minimum Gasteiger partial charge on any atom is -0.347 e. The van der Waals surface area contributed by atoms with Gasteiger partial charge in [0.2, 0.25) is 0 Å². The maximum Gasteiger partial charge on any atom is 0.191 e. The molecule has 2 N–H and O–H groups in total. The summed E-state index contributed by atoms with van der Waals surface area (Å²) in [6.07, 6.45) is 1.27. The molecule has 2 atom stereocenters. The average Bonchev–Trinajstić information content (AvgIpc) is 2.16. The van der Waals surface area contributed by atoms with Crippen LogP contribution < -0.4 is 9.63 Å². The van der Waals surface area contributed by atoms with Crippen LogP contribution in [0.2, 0.25) is 29.7 Å². The van der Waals surface area contributed by atoms with Gasteiger partial charge in [0.25, 0.3) is 0 Å². The number of hydrogen-bond donors (Lipinski definition) is 2. The molecule has 0 amide bonds. The molecule has 0 aliphatic rings. The van der Waals surface area contributed by atoms with Crippen molar-refractivity contribution in [3.05, 3.63) is 0 Å². The molecule has 0 spiro atoms. The van der Waals surface area contributed by atoms with Gasteiger partial charge in [-0.1, -0.05) is 54.5 Å². The van der Waals surface area contributed by atoms with Gasteiger partial charge in [-0.2, -0.15) is 0 Å². The van der Waals surface area contributed by atoms with Gasteiger partial charge in [0.1, 0.15) is 8.24 Å². The Morgan fingerprint density at radius 2 is 1.59 bits per heavy atom. The molecular formula is C13H34N2Si2. The molecule has 0 heterocycles. The van der Waals surface area contributed by atoms with Crippen LogP contribution in [0.5, 0.6) is 0 Å². The van der Waals surface area contributed by atoms with Crippen LogP contribution in [-0.4, -0.2) is 23.7 Å². The van der Waals surface area contributed by atoms with E-state index >= 15 is 0 Å². The molecule has 104 valence electrons. The molecule has 0 saturated heterocycles. The number of rotatable bonds is 6.